The largest absolute Gasteiger partial charge is 0.495 e. The lowest BCUT2D eigenvalue weighted by Gasteiger charge is -2.29. The number of rotatable bonds is 5. The number of hydrogen-bond acceptors (Lipinski definition) is 7. The lowest BCUT2D eigenvalue weighted by molar-refractivity contribution is 0.122. The smallest absolute Gasteiger partial charge is 0.266 e. The van der Waals surface area contributed by atoms with Gasteiger partial charge < -0.3 is 18.9 Å². The lowest BCUT2D eigenvalue weighted by Crippen LogP contribution is -2.36. The topological polar surface area (TPSA) is 93.9 Å². The molecule has 2 aliphatic carbocycles. The molecule has 2 heterocycles. The van der Waals surface area contributed by atoms with E-state index in [0.717, 1.165) is 47.2 Å². The van der Waals surface area contributed by atoms with Gasteiger partial charge in [-0.1, -0.05) is 27.2 Å². The van der Waals surface area contributed by atoms with Gasteiger partial charge in [0, 0.05) is 45.9 Å². The highest BCUT2D eigenvalue weighted by molar-refractivity contribution is 9.10. The maximum atomic E-state index is 13.4. The Bertz CT molecular complexity index is 1380. The average molecular weight is 546 g/mol. The second-order valence-corrected chi connectivity index (χ2v) is 11.6. The first-order valence-corrected chi connectivity index (χ1v) is 13.5. The summed E-state index contributed by atoms with van der Waals surface area (Å²) in [5.41, 5.74) is 3.95. The van der Waals surface area contributed by atoms with E-state index in [1.165, 1.54) is 12.7 Å². The van der Waals surface area contributed by atoms with Crippen LogP contribution in [0.2, 0.25) is 0 Å². The molecule has 6 rings (SSSR count). The minimum absolute atomic E-state index is 0.0340. The molecule has 0 atom stereocenters. The minimum atomic E-state index is -3.96. The number of halogens is 1. The van der Waals surface area contributed by atoms with Crippen LogP contribution in [0.25, 0.3) is 11.3 Å². The molecule has 1 spiro atoms. The van der Waals surface area contributed by atoms with Crippen molar-refractivity contribution in [3.8, 4) is 17.1 Å². The van der Waals surface area contributed by atoms with Gasteiger partial charge in [0.15, 0.2) is 11.6 Å². The number of nitrogens with one attached hydrogen (secondary N) is 1. The Kier molecular flexibility index (Phi) is 5.16. The van der Waals surface area contributed by atoms with Crippen LogP contribution < -0.4 is 14.4 Å². The fraction of sp³-hybridized carbons (Fsp3) is 0.375. The van der Waals surface area contributed by atoms with Crippen LogP contribution in [0.5, 0.6) is 5.75 Å². The molecule has 1 saturated carbocycles. The molecule has 0 radical (unpaired) electrons. The third-order valence-corrected chi connectivity index (χ3v) is 8.87. The van der Waals surface area contributed by atoms with E-state index >= 15 is 0 Å². The number of ether oxygens (including phenoxy) is 2. The van der Waals surface area contributed by atoms with E-state index in [-0.39, 0.29) is 21.9 Å². The molecule has 10 heteroatoms. The van der Waals surface area contributed by atoms with Crippen molar-refractivity contribution in [3.05, 3.63) is 52.0 Å². The van der Waals surface area contributed by atoms with Crippen molar-refractivity contribution in [2.24, 2.45) is 0 Å². The highest BCUT2D eigenvalue weighted by Gasteiger charge is 2.50. The van der Waals surface area contributed by atoms with Gasteiger partial charge in [-0.2, -0.15) is 0 Å². The molecule has 2 aromatic carbocycles. The summed E-state index contributed by atoms with van der Waals surface area (Å²) in [6.07, 6.45) is 2.83. The third kappa shape index (κ3) is 3.59. The summed E-state index contributed by atoms with van der Waals surface area (Å²) in [7, 11) is -2.49. The zero-order valence-electron chi connectivity index (χ0n) is 18.6. The standard InChI is InChI=1S/C24H24BrN3O5S/c1-31-20-13-16(28-8-10-32-11-9-28)3-5-21(20)34(29,30)27-23-18-14-24(6-7-24)19-4-2-15(25)12-17(19)22(18)33-26-23/h2-5,12-13H,6-11,14H2,1H3,(H,26,27). The van der Waals surface area contributed by atoms with Gasteiger partial charge in [0.2, 0.25) is 0 Å². The van der Waals surface area contributed by atoms with Gasteiger partial charge in [0.05, 0.1) is 20.3 Å². The summed E-state index contributed by atoms with van der Waals surface area (Å²) in [5.74, 6) is 1.15. The first kappa shape index (κ1) is 21.9. The molecule has 1 aliphatic heterocycles. The minimum Gasteiger partial charge on any atom is -0.495 e. The van der Waals surface area contributed by atoms with Crippen LogP contribution in [0.4, 0.5) is 11.5 Å². The SMILES string of the molecule is COc1cc(N2CCOCC2)ccc1S(=O)(=O)Nc1noc2c1CC1(CC1)c1ccc(Br)cc1-2. The Morgan fingerprint density at radius 2 is 1.94 bits per heavy atom. The molecule has 2 fully saturated rings. The van der Waals surface area contributed by atoms with Crippen molar-refractivity contribution in [2.45, 2.75) is 29.6 Å². The summed E-state index contributed by atoms with van der Waals surface area (Å²) in [6.45, 7) is 2.78. The average Bonchev–Trinajstić information content (AvgIpc) is 3.51. The molecule has 0 amide bonds. The number of morpholine rings is 1. The molecule has 34 heavy (non-hydrogen) atoms. The molecule has 1 saturated heterocycles. The van der Waals surface area contributed by atoms with Crippen molar-refractivity contribution < 1.29 is 22.4 Å². The molecule has 178 valence electrons. The second kappa shape index (κ2) is 8.00. The van der Waals surface area contributed by atoms with Gasteiger partial charge >= 0.3 is 0 Å². The summed E-state index contributed by atoms with van der Waals surface area (Å²) < 4.78 is 47.0. The predicted octanol–water partition coefficient (Wildman–Crippen LogP) is 4.34. The van der Waals surface area contributed by atoms with E-state index in [4.69, 9.17) is 14.0 Å². The zero-order chi connectivity index (χ0) is 23.5. The number of fused-ring (bicyclic) bond motifs is 4. The van der Waals surface area contributed by atoms with Gasteiger partial charge in [0.25, 0.3) is 10.0 Å². The van der Waals surface area contributed by atoms with Crippen LogP contribution in [0.15, 0.2) is 50.3 Å². The van der Waals surface area contributed by atoms with Gasteiger partial charge in [0.1, 0.15) is 10.6 Å². The Balaban J connectivity index is 1.34. The molecule has 8 nitrogen and oxygen atoms in total. The normalized spacial score (nSPS) is 18.4. The highest BCUT2D eigenvalue weighted by atomic mass is 79.9. The number of aromatic nitrogens is 1. The fourth-order valence-electron chi connectivity index (χ4n) is 5.04. The molecule has 1 N–H and O–H groups in total. The molecule has 0 unspecified atom stereocenters. The molecule has 1 aromatic heterocycles. The van der Waals surface area contributed by atoms with E-state index < -0.39 is 10.0 Å². The highest BCUT2D eigenvalue weighted by Crippen LogP contribution is 2.58. The maximum Gasteiger partial charge on any atom is 0.266 e. The van der Waals surface area contributed by atoms with Crippen molar-refractivity contribution in [1.82, 2.24) is 5.16 Å². The summed E-state index contributed by atoms with van der Waals surface area (Å²) in [4.78, 5) is 2.21. The predicted molar refractivity (Wildman–Crippen MR) is 131 cm³/mol. The Hall–Kier alpha value is -2.56. The van der Waals surface area contributed by atoms with Crippen LogP contribution in [0.3, 0.4) is 0 Å². The van der Waals surface area contributed by atoms with E-state index in [0.29, 0.717) is 25.4 Å². The van der Waals surface area contributed by atoms with E-state index in [9.17, 15) is 8.42 Å². The van der Waals surface area contributed by atoms with Crippen LogP contribution in [0, 0.1) is 0 Å². The Labute approximate surface area is 206 Å². The summed E-state index contributed by atoms with van der Waals surface area (Å²) in [6, 6.07) is 11.3. The zero-order valence-corrected chi connectivity index (χ0v) is 21.0. The number of hydrogen-bond donors (Lipinski definition) is 1. The van der Waals surface area contributed by atoms with Gasteiger partial charge in [-0.15, -0.1) is 0 Å². The van der Waals surface area contributed by atoms with Crippen LogP contribution in [0.1, 0.15) is 24.0 Å². The number of methoxy groups -OCH3 is 1. The van der Waals surface area contributed by atoms with Gasteiger partial charge in [-0.3, -0.25) is 4.72 Å². The fourth-order valence-corrected chi connectivity index (χ4v) is 6.58. The van der Waals surface area contributed by atoms with E-state index in [1.54, 1.807) is 18.2 Å². The summed E-state index contributed by atoms with van der Waals surface area (Å²) in [5, 5.41) is 4.13. The first-order chi connectivity index (χ1) is 16.4. The van der Waals surface area contributed by atoms with Gasteiger partial charge in [-0.05, 0) is 49.1 Å². The van der Waals surface area contributed by atoms with Crippen molar-refractivity contribution in [2.75, 3.05) is 43.0 Å². The third-order valence-electron chi connectivity index (χ3n) is 7.00. The second-order valence-electron chi connectivity index (χ2n) is 9.03. The van der Waals surface area contributed by atoms with Crippen LogP contribution >= 0.6 is 15.9 Å². The molecule has 3 aliphatic rings. The quantitative estimate of drug-likeness (QED) is 0.509. The van der Waals surface area contributed by atoms with Gasteiger partial charge in [-0.25, -0.2) is 8.42 Å². The van der Waals surface area contributed by atoms with Crippen molar-refractivity contribution in [1.29, 1.82) is 0 Å². The monoisotopic (exact) mass is 545 g/mol. The lowest BCUT2D eigenvalue weighted by atomic mass is 9.79. The number of benzene rings is 2. The molecular formula is C24H24BrN3O5S. The number of anilines is 2. The van der Waals surface area contributed by atoms with Crippen molar-refractivity contribution >= 4 is 37.5 Å². The van der Waals surface area contributed by atoms with Crippen molar-refractivity contribution in [3.63, 3.8) is 0 Å². The molecule has 3 aromatic rings. The molecule has 0 bridgehead atoms. The van der Waals surface area contributed by atoms with E-state index in [1.807, 2.05) is 12.1 Å². The summed E-state index contributed by atoms with van der Waals surface area (Å²) >= 11 is 3.54. The maximum absolute atomic E-state index is 13.4. The Morgan fingerprint density at radius 1 is 1.15 bits per heavy atom. The van der Waals surface area contributed by atoms with E-state index in [2.05, 4.69) is 36.8 Å². The number of nitrogens with zero attached hydrogens (tertiary/aromatic N) is 2. The number of sulfonamides is 1. The first-order valence-electron chi connectivity index (χ1n) is 11.2. The Morgan fingerprint density at radius 3 is 2.68 bits per heavy atom. The van der Waals surface area contributed by atoms with Crippen LogP contribution in [-0.4, -0.2) is 47.0 Å². The van der Waals surface area contributed by atoms with Crippen LogP contribution in [-0.2, 0) is 26.6 Å². The molecular weight excluding hydrogens is 522 g/mol.